The molecule has 0 saturated carbocycles. The van der Waals surface area contributed by atoms with E-state index in [4.69, 9.17) is 4.42 Å². The summed E-state index contributed by atoms with van der Waals surface area (Å²) in [4.78, 5) is 14.0. The van der Waals surface area contributed by atoms with E-state index in [0.29, 0.717) is 23.3 Å². The number of furan rings is 1. The van der Waals surface area contributed by atoms with Gasteiger partial charge in [0.2, 0.25) is 11.7 Å². The quantitative estimate of drug-likeness (QED) is 0.388. The van der Waals surface area contributed by atoms with Crippen molar-refractivity contribution in [2.75, 3.05) is 11.5 Å². The molecule has 1 aliphatic heterocycles. The van der Waals surface area contributed by atoms with Crippen LogP contribution in [0, 0.1) is 0 Å². The Kier molecular flexibility index (Phi) is 6.31. The number of nitrogens with one attached hydrogen (secondary N) is 1. The van der Waals surface area contributed by atoms with Crippen molar-refractivity contribution in [1.29, 1.82) is 0 Å². The highest BCUT2D eigenvalue weighted by molar-refractivity contribution is 7.99. The van der Waals surface area contributed by atoms with Crippen LogP contribution in [-0.4, -0.2) is 32.2 Å². The predicted octanol–water partition coefficient (Wildman–Crippen LogP) is 5.03. The molecule has 1 N–H and O–H groups in total. The molecule has 8 heteroatoms. The van der Waals surface area contributed by atoms with Crippen molar-refractivity contribution < 1.29 is 9.21 Å². The molecule has 0 saturated heterocycles. The molecule has 1 aliphatic rings. The minimum absolute atomic E-state index is 0.00415. The van der Waals surface area contributed by atoms with Crippen molar-refractivity contribution in [3.8, 4) is 11.6 Å². The first kappa shape index (κ1) is 20.9. The minimum atomic E-state index is -0.00415. The molecule has 4 aromatic rings. The summed E-state index contributed by atoms with van der Waals surface area (Å²) >= 11 is 3.24. The number of benzene rings is 2. The molecule has 5 rings (SSSR count). The van der Waals surface area contributed by atoms with Gasteiger partial charge in [0.25, 0.3) is 0 Å². The van der Waals surface area contributed by atoms with Crippen LogP contribution in [0.15, 0.2) is 87.5 Å². The van der Waals surface area contributed by atoms with Crippen molar-refractivity contribution >= 4 is 29.4 Å². The average Bonchev–Trinajstić information content (AvgIpc) is 3.49. The number of rotatable bonds is 7. The first-order valence-electron chi connectivity index (χ1n) is 10.4. The predicted molar refractivity (Wildman–Crippen MR) is 127 cm³/mol. The third-order valence-electron chi connectivity index (χ3n) is 5.27. The van der Waals surface area contributed by atoms with E-state index in [9.17, 15) is 4.79 Å². The largest absolute Gasteiger partial charge is 0.461 e. The Balaban J connectivity index is 1.31. The van der Waals surface area contributed by atoms with E-state index in [1.54, 1.807) is 6.26 Å². The lowest BCUT2D eigenvalue weighted by molar-refractivity contribution is -0.119. The molecular weight excluding hydrogens is 440 g/mol. The summed E-state index contributed by atoms with van der Waals surface area (Å²) in [7, 11) is 0. The third kappa shape index (κ3) is 4.61. The number of fused-ring (bicyclic) bond motifs is 1. The second-order valence-corrected chi connectivity index (χ2v) is 9.52. The zero-order valence-electron chi connectivity index (χ0n) is 17.3. The zero-order valence-corrected chi connectivity index (χ0v) is 18.9. The van der Waals surface area contributed by atoms with Crippen LogP contribution in [0.25, 0.3) is 11.6 Å². The lowest BCUT2D eigenvalue weighted by Gasteiger charge is -2.25. The molecule has 32 heavy (non-hydrogen) atoms. The van der Waals surface area contributed by atoms with Crippen LogP contribution in [-0.2, 0) is 11.3 Å². The van der Waals surface area contributed by atoms with E-state index in [1.807, 2.05) is 58.8 Å². The van der Waals surface area contributed by atoms with Crippen molar-refractivity contribution in [2.45, 2.75) is 29.1 Å². The molecule has 2 aromatic carbocycles. The van der Waals surface area contributed by atoms with Gasteiger partial charge < -0.3 is 9.73 Å². The highest BCUT2D eigenvalue weighted by atomic mass is 32.2. The van der Waals surface area contributed by atoms with Gasteiger partial charge in [-0.1, -0.05) is 60.3 Å². The minimum Gasteiger partial charge on any atom is -0.461 e. The van der Waals surface area contributed by atoms with Gasteiger partial charge in [0.1, 0.15) is 0 Å². The fraction of sp³-hybridized carbons (Fsp3) is 0.208. The molecule has 3 heterocycles. The third-order valence-corrected chi connectivity index (χ3v) is 7.36. The monoisotopic (exact) mass is 462 g/mol. The molecule has 162 valence electrons. The summed E-state index contributed by atoms with van der Waals surface area (Å²) in [6.45, 7) is 0.598. The van der Waals surface area contributed by atoms with Gasteiger partial charge in [-0.05, 0) is 35.7 Å². The number of hydrogen-bond donors (Lipinski definition) is 1. The molecule has 0 unspecified atom stereocenters. The lowest BCUT2D eigenvalue weighted by atomic mass is 10.0. The first-order valence-corrected chi connectivity index (χ1v) is 12.4. The van der Waals surface area contributed by atoms with E-state index in [1.165, 1.54) is 22.2 Å². The highest BCUT2D eigenvalue weighted by Gasteiger charge is 2.23. The highest BCUT2D eigenvalue weighted by Crippen LogP contribution is 2.36. The van der Waals surface area contributed by atoms with Gasteiger partial charge in [0.15, 0.2) is 10.9 Å². The lowest BCUT2D eigenvalue weighted by Crippen LogP contribution is -2.32. The molecule has 1 atom stereocenters. The molecule has 0 fully saturated rings. The van der Waals surface area contributed by atoms with E-state index < -0.39 is 0 Å². The van der Waals surface area contributed by atoms with Crippen LogP contribution in [0.5, 0.6) is 0 Å². The first-order chi connectivity index (χ1) is 15.8. The molecule has 1 amide bonds. The van der Waals surface area contributed by atoms with E-state index in [-0.39, 0.29) is 17.7 Å². The van der Waals surface area contributed by atoms with E-state index in [2.05, 4.69) is 39.8 Å². The Morgan fingerprint density at radius 2 is 1.94 bits per heavy atom. The van der Waals surface area contributed by atoms with Crippen molar-refractivity contribution in [2.24, 2.45) is 0 Å². The van der Waals surface area contributed by atoms with Gasteiger partial charge in [-0.15, -0.1) is 22.0 Å². The number of nitrogens with zero attached hydrogens (tertiary/aromatic N) is 3. The Bertz CT molecular complexity index is 1190. The van der Waals surface area contributed by atoms with Gasteiger partial charge in [-0.25, -0.2) is 0 Å². The van der Waals surface area contributed by atoms with Gasteiger partial charge in [-0.3, -0.25) is 9.36 Å². The number of carbonyl (C=O) groups is 1. The van der Waals surface area contributed by atoms with E-state index in [0.717, 1.165) is 17.7 Å². The van der Waals surface area contributed by atoms with Crippen LogP contribution < -0.4 is 5.32 Å². The van der Waals surface area contributed by atoms with E-state index >= 15 is 0 Å². The van der Waals surface area contributed by atoms with Crippen LogP contribution in [0.2, 0.25) is 0 Å². The maximum Gasteiger partial charge on any atom is 0.230 e. The Morgan fingerprint density at radius 1 is 1.09 bits per heavy atom. The van der Waals surface area contributed by atoms with Crippen LogP contribution in [0.4, 0.5) is 0 Å². The van der Waals surface area contributed by atoms with Gasteiger partial charge in [0.05, 0.1) is 24.6 Å². The summed E-state index contributed by atoms with van der Waals surface area (Å²) < 4.78 is 7.56. The smallest absolute Gasteiger partial charge is 0.230 e. The zero-order chi connectivity index (χ0) is 21.8. The molecule has 6 nitrogen and oxygen atoms in total. The Labute approximate surface area is 194 Å². The summed E-state index contributed by atoms with van der Waals surface area (Å²) in [5.41, 5.74) is 2.33. The Morgan fingerprint density at radius 3 is 2.78 bits per heavy atom. The van der Waals surface area contributed by atoms with Gasteiger partial charge in [-0.2, -0.15) is 0 Å². The number of amides is 1. The fourth-order valence-electron chi connectivity index (χ4n) is 3.75. The second-order valence-electron chi connectivity index (χ2n) is 7.44. The topological polar surface area (TPSA) is 73.0 Å². The molecular formula is C24H22N4O2S2. The SMILES string of the molecule is O=C(CSc1nnc(-c2ccco2)n1Cc1ccccc1)N[C@H]1CCSc2ccccc21. The molecule has 0 bridgehead atoms. The maximum absolute atomic E-state index is 12.8. The number of hydrogen-bond acceptors (Lipinski definition) is 6. The summed E-state index contributed by atoms with van der Waals surface area (Å²) in [5.74, 6) is 2.58. The standard InChI is InChI=1S/C24H22N4O2S2/c29-22(25-19-12-14-31-21-11-5-4-9-18(19)21)16-32-24-27-26-23(20-10-6-13-30-20)28(24)15-17-7-2-1-3-8-17/h1-11,13,19H,12,14-16H2,(H,25,29)/t19-/m0/s1. The molecule has 0 spiro atoms. The second kappa shape index (κ2) is 9.67. The number of thioether (sulfide) groups is 2. The number of carbonyl (C=O) groups excluding carboxylic acids is 1. The Hall–Kier alpha value is -2.97. The van der Waals surface area contributed by atoms with Crippen LogP contribution >= 0.6 is 23.5 Å². The van der Waals surface area contributed by atoms with Crippen LogP contribution in [0.1, 0.15) is 23.6 Å². The van der Waals surface area contributed by atoms with Crippen molar-refractivity contribution in [3.63, 3.8) is 0 Å². The van der Waals surface area contributed by atoms with Crippen molar-refractivity contribution in [1.82, 2.24) is 20.1 Å². The summed E-state index contributed by atoms with van der Waals surface area (Å²) in [6.07, 6.45) is 2.56. The van der Waals surface area contributed by atoms with Gasteiger partial charge >= 0.3 is 0 Å². The summed E-state index contributed by atoms with van der Waals surface area (Å²) in [5, 5.41) is 12.6. The number of aromatic nitrogens is 3. The van der Waals surface area contributed by atoms with Crippen LogP contribution in [0.3, 0.4) is 0 Å². The fourth-order valence-corrected chi connectivity index (χ4v) is 5.62. The molecule has 2 aromatic heterocycles. The normalized spacial score (nSPS) is 15.3. The average molecular weight is 463 g/mol. The van der Waals surface area contributed by atoms with Crippen molar-refractivity contribution in [3.05, 3.63) is 84.1 Å². The summed E-state index contributed by atoms with van der Waals surface area (Å²) in [6, 6.07) is 22.2. The van der Waals surface area contributed by atoms with Gasteiger partial charge in [0, 0.05) is 10.6 Å². The molecule has 0 aliphatic carbocycles. The maximum atomic E-state index is 12.8. The molecule has 0 radical (unpaired) electrons.